The molecule has 0 radical (unpaired) electrons. The van der Waals surface area contributed by atoms with Crippen molar-refractivity contribution >= 4 is 34.7 Å². The number of nitrogens with one attached hydrogen (secondary N) is 3. The second-order valence-corrected chi connectivity index (χ2v) is 11.3. The van der Waals surface area contributed by atoms with Crippen LogP contribution in [0.3, 0.4) is 0 Å². The number of hydrogen-bond acceptors (Lipinski definition) is 7. The molecule has 0 aromatic carbocycles. The normalized spacial score (nSPS) is 19.2. The SMILES string of the molecule is CC(C)CN(C)C(=O)CC1CCC(Nc2cc(NC3CC3)c3ncc(C(=O)Nc4ccncc4F)n3n2)CC1. The molecule has 2 amide bonds. The van der Waals surface area contributed by atoms with E-state index in [0.717, 1.165) is 57.0 Å². The Hall–Kier alpha value is -3.76. The van der Waals surface area contributed by atoms with E-state index < -0.39 is 11.7 Å². The van der Waals surface area contributed by atoms with Crippen LogP contribution in [0.2, 0.25) is 0 Å². The lowest BCUT2D eigenvalue weighted by molar-refractivity contribution is -0.131. The second kappa shape index (κ2) is 11.5. The maximum atomic E-state index is 14.1. The van der Waals surface area contributed by atoms with Gasteiger partial charge in [0.2, 0.25) is 5.91 Å². The third-order valence-electron chi connectivity index (χ3n) is 7.38. The van der Waals surface area contributed by atoms with E-state index in [1.165, 1.54) is 23.0 Å². The molecule has 11 heteroatoms. The van der Waals surface area contributed by atoms with Crippen molar-refractivity contribution in [1.29, 1.82) is 0 Å². The third-order valence-corrected chi connectivity index (χ3v) is 7.38. The molecule has 0 unspecified atom stereocenters. The summed E-state index contributed by atoms with van der Waals surface area (Å²) in [6.45, 7) is 5.03. The van der Waals surface area contributed by atoms with Gasteiger partial charge in [-0.15, -0.1) is 5.10 Å². The van der Waals surface area contributed by atoms with Crippen molar-refractivity contribution in [3.05, 3.63) is 42.2 Å². The predicted molar refractivity (Wildman–Crippen MR) is 148 cm³/mol. The molecular weight excluding hydrogens is 499 g/mol. The number of nitrogens with zero attached hydrogens (tertiary/aromatic N) is 5. The fraction of sp³-hybridized carbons (Fsp3) is 0.536. The minimum atomic E-state index is -0.616. The molecule has 0 atom stereocenters. The van der Waals surface area contributed by atoms with Crippen molar-refractivity contribution in [3.63, 3.8) is 0 Å². The van der Waals surface area contributed by atoms with Gasteiger partial charge >= 0.3 is 0 Å². The van der Waals surface area contributed by atoms with E-state index in [0.29, 0.717) is 35.8 Å². The minimum Gasteiger partial charge on any atom is -0.379 e. The first-order valence-corrected chi connectivity index (χ1v) is 13.8. The number of imidazole rings is 1. The highest BCUT2D eigenvalue weighted by Crippen LogP contribution is 2.32. The predicted octanol–water partition coefficient (Wildman–Crippen LogP) is 4.57. The Morgan fingerprint density at radius 3 is 2.49 bits per heavy atom. The largest absolute Gasteiger partial charge is 0.379 e. The third kappa shape index (κ3) is 6.63. The van der Waals surface area contributed by atoms with Gasteiger partial charge in [0.1, 0.15) is 5.82 Å². The molecule has 3 N–H and O–H groups in total. The molecule has 2 saturated carbocycles. The topological polar surface area (TPSA) is 117 Å². The van der Waals surface area contributed by atoms with Gasteiger partial charge in [0.15, 0.2) is 17.2 Å². The van der Waals surface area contributed by atoms with Crippen LogP contribution in [0, 0.1) is 17.7 Å². The summed E-state index contributed by atoms with van der Waals surface area (Å²) in [5.74, 6) is 0.592. The Bertz CT molecular complexity index is 1330. The van der Waals surface area contributed by atoms with Crippen molar-refractivity contribution in [3.8, 4) is 0 Å². The number of carbonyl (C=O) groups is 2. The number of hydrogen-bond donors (Lipinski definition) is 3. The molecule has 5 rings (SSSR count). The number of aromatic nitrogens is 4. The van der Waals surface area contributed by atoms with Crippen molar-refractivity contribution < 1.29 is 14.0 Å². The summed E-state index contributed by atoms with van der Waals surface area (Å²) in [5, 5.41) is 14.3. The molecule has 2 fully saturated rings. The zero-order valence-electron chi connectivity index (χ0n) is 22.8. The molecule has 0 spiro atoms. The van der Waals surface area contributed by atoms with Crippen LogP contribution >= 0.6 is 0 Å². The Morgan fingerprint density at radius 1 is 1.08 bits per heavy atom. The van der Waals surface area contributed by atoms with E-state index in [2.05, 4.69) is 39.8 Å². The van der Waals surface area contributed by atoms with Crippen LogP contribution < -0.4 is 16.0 Å². The molecule has 208 valence electrons. The smallest absolute Gasteiger partial charge is 0.276 e. The molecule has 2 aliphatic rings. The van der Waals surface area contributed by atoms with Crippen LogP contribution in [0.15, 0.2) is 30.7 Å². The van der Waals surface area contributed by atoms with E-state index in [9.17, 15) is 14.0 Å². The molecule has 2 aliphatic carbocycles. The zero-order chi connectivity index (χ0) is 27.5. The van der Waals surface area contributed by atoms with Gasteiger partial charge in [-0.05, 0) is 56.4 Å². The molecular formula is C28H37FN8O2. The highest BCUT2D eigenvalue weighted by molar-refractivity contribution is 6.03. The van der Waals surface area contributed by atoms with Crippen molar-refractivity contribution in [2.45, 2.75) is 70.9 Å². The van der Waals surface area contributed by atoms with Gasteiger partial charge < -0.3 is 20.9 Å². The van der Waals surface area contributed by atoms with Gasteiger partial charge in [-0.3, -0.25) is 14.6 Å². The lowest BCUT2D eigenvalue weighted by atomic mass is 9.84. The van der Waals surface area contributed by atoms with E-state index in [4.69, 9.17) is 5.10 Å². The molecule has 39 heavy (non-hydrogen) atoms. The Labute approximate surface area is 227 Å². The van der Waals surface area contributed by atoms with E-state index in [1.54, 1.807) is 0 Å². The molecule has 10 nitrogen and oxygen atoms in total. The van der Waals surface area contributed by atoms with Crippen molar-refractivity contribution in [1.82, 2.24) is 24.5 Å². The first-order chi connectivity index (χ1) is 18.8. The highest BCUT2D eigenvalue weighted by atomic mass is 19.1. The quantitative estimate of drug-likeness (QED) is 0.348. The van der Waals surface area contributed by atoms with Gasteiger partial charge in [-0.25, -0.2) is 13.9 Å². The average Bonchev–Trinajstić information content (AvgIpc) is 3.61. The van der Waals surface area contributed by atoms with E-state index in [1.807, 2.05) is 18.0 Å². The first kappa shape index (κ1) is 26.8. The summed E-state index contributed by atoms with van der Waals surface area (Å²) >= 11 is 0. The van der Waals surface area contributed by atoms with Crippen molar-refractivity contribution in [2.24, 2.45) is 11.8 Å². The van der Waals surface area contributed by atoms with E-state index in [-0.39, 0.29) is 23.3 Å². The average molecular weight is 537 g/mol. The number of halogens is 1. The lowest BCUT2D eigenvalue weighted by Gasteiger charge is -2.30. The van der Waals surface area contributed by atoms with Gasteiger partial charge in [0.05, 0.1) is 23.8 Å². The molecule has 0 saturated heterocycles. The van der Waals surface area contributed by atoms with Crippen LogP contribution in [0.5, 0.6) is 0 Å². The van der Waals surface area contributed by atoms with Crippen LogP contribution in [0.1, 0.15) is 69.3 Å². The van der Waals surface area contributed by atoms with E-state index >= 15 is 0 Å². The highest BCUT2D eigenvalue weighted by Gasteiger charge is 2.27. The Morgan fingerprint density at radius 2 is 1.79 bits per heavy atom. The number of fused-ring (bicyclic) bond motifs is 1. The number of pyridine rings is 1. The zero-order valence-corrected chi connectivity index (χ0v) is 22.8. The molecule has 0 bridgehead atoms. The maximum Gasteiger partial charge on any atom is 0.276 e. The second-order valence-electron chi connectivity index (χ2n) is 11.3. The number of amides is 2. The fourth-order valence-electron chi connectivity index (χ4n) is 5.18. The minimum absolute atomic E-state index is 0.0428. The Balaban J connectivity index is 1.28. The molecule has 3 aromatic heterocycles. The summed E-state index contributed by atoms with van der Waals surface area (Å²) < 4.78 is 15.6. The molecule has 3 aromatic rings. The maximum absolute atomic E-state index is 14.1. The summed E-state index contributed by atoms with van der Waals surface area (Å²) in [4.78, 5) is 35.7. The van der Waals surface area contributed by atoms with Gasteiger partial charge in [-0.1, -0.05) is 13.8 Å². The molecule has 3 heterocycles. The summed E-state index contributed by atoms with van der Waals surface area (Å²) in [6, 6.07) is 3.95. The van der Waals surface area contributed by atoms with Crippen LogP contribution in [-0.2, 0) is 4.79 Å². The van der Waals surface area contributed by atoms with Gasteiger partial charge in [0, 0.05) is 44.4 Å². The van der Waals surface area contributed by atoms with Crippen molar-refractivity contribution in [2.75, 3.05) is 29.5 Å². The van der Waals surface area contributed by atoms with Gasteiger partial charge in [0.25, 0.3) is 5.91 Å². The number of rotatable bonds is 10. The standard InChI is InChI=1S/C28H37FN8O2/c1-17(2)16-36(3)26(38)12-18-4-6-20(7-5-18)33-25-13-23(32-19-8-9-19)27-31-15-24(37(27)35-25)28(39)34-22-10-11-30-14-21(22)29/h10-11,13-15,17-20,32H,4-9,12,16H2,1-3H3,(H,33,35)(H,30,34,39). The summed E-state index contributed by atoms with van der Waals surface area (Å²) in [7, 11) is 1.89. The molecule has 0 aliphatic heterocycles. The van der Waals surface area contributed by atoms with Crippen LogP contribution in [0.25, 0.3) is 5.65 Å². The summed E-state index contributed by atoms with van der Waals surface area (Å²) in [5.41, 5.74) is 1.59. The summed E-state index contributed by atoms with van der Waals surface area (Å²) in [6.07, 6.45) is 10.5. The fourth-order valence-corrected chi connectivity index (χ4v) is 5.18. The van der Waals surface area contributed by atoms with Crippen LogP contribution in [0.4, 0.5) is 21.6 Å². The number of carbonyl (C=O) groups excluding carboxylic acids is 2. The number of anilines is 3. The lowest BCUT2D eigenvalue weighted by Crippen LogP contribution is -2.33. The van der Waals surface area contributed by atoms with Crippen LogP contribution in [-0.4, -0.2) is 62.0 Å². The Kier molecular flexibility index (Phi) is 7.94. The monoisotopic (exact) mass is 536 g/mol. The van der Waals surface area contributed by atoms with Gasteiger partial charge in [-0.2, -0.15) is 0 Å². The first-order valence-electron chi connectivity index (χ1n) is 13.8.